The summed E-state index contributed by atoms with van der Waals surface area (Å²) in [6.45, 7) is 4.09. The van der Waals surface area contributed by atoms with Crippen LogP contribution in [-0.4, -0.2) is 43.9 Å². The number of halogens is 1. The highest BCUT2D eigenvalue weighted by Crippen LogP contribution is 2.35. The van der Waals surface area contributed by atoms with Crippen LogP contribution in [0.15, 0.2) is 52.5 Å². The number of carbonyl (C=O) groups is 1. The molecule has 1 saturated heterocycles. The summed E-state index contributed by atoms with van der Waals surface area (Å²) in [5, 5.41) is 30.8. The Kier molecular flexibility index (Phi) is 7.18. The largest absolute Gasteiger partial charge is 0.477 e. The molecule has 11 heteroatoms. The predicted molar refractivity (Wildman–Crippen MR) is 132 cm³/mol. The van der Waals surface area contributed by atoms with Gasteiger partial charge in [-0.15, -0.1) is 10.2 Å². The second-order valence-electron chi connectivity index (χ2n) is 7.67. The number of nitro benzene ring substituents is 1. The molecule has 0 bridgehead atoms. The van der Waals surface area contributed by atoms with E-state index in [2.05, 4.69) is 15.1 Å². The maximum atomic E-state index is 12.2. The molecule has 0 atom stereocenters. The van der Waals surface area contributed by atoms with Crippen molar-refractivity contribution < 1.29 is 14.8 Å². The smallest absolute Gasteiger partial charge is 0.342 e. The number of aliphatic carboxylic acids is 1. The van der Waals surface area contributed by atoms with Crippen molar-refractivity contribution in [3.05, 3.63) is 68.1 Å². The molecule has 176 valence electrons. The quantitative estimate of drug-likeness (QED) is 0.191. The van der Waals surface area contributed by atoms with E-state index < -0.39 is 10.9 Å². The van der Waals surface area contributed by atoms with Gasteiger partial charge in [-0.2, -0.15) is 0 Å². The van der Waals surface area contributed by atoms with E-state index in [-0.39, 0.29) is 10.6 Å². The first-order valence-corrected chi connectivity index (χ1v) is 11.9. The van der Waals surface area contributed by atoms with Gasteiger partial charge >= 0.3 is 5.97 Å². The number of benzene rings is 2. The average molecular weight is 500 g/mol. The molecule has 1 aliphatic rings. The molecule has 2 aromatic carbocycles. The van der Waals surface area contributed by atoms with E-state index in [0.717, 1.165) is 48.9 Å². The molecule has 0 amide bonds. The molecule has 0 saturated carbocycles. The highest BCUT2D eigenvalue weighted by molar-refractivity contribution is 8.04. The topological polar surface area (TPSA) is 114 Å². The molecule has 3 aromatic rings. The summed E-state index contributed by atoms with van der Waals surface area (Å²) in [6, 6.07) is 11.7. The van der Waals surface area contributed by atoms with Gasteiger partial charge in [-0.25, -0.2) is 4.79 Å². The Morgan fingerprint density at radius 1 is 1.21 bits per heavy atom. The molecule has 1 aromatic heterocycles. The van der Waals surface area contributed by atoms with Gasteiger partial charge in [0.1, 0.15) is 4.91 Å². The first-order chi connectivity index (χ1) is 16.4. The third-order valence-electron chi connectivity index (χ3n) is 5.50. The number of hydrogen-bond acceptors (Lipinski definition) is 7. The number of nitrogens with zero attached hydrogens (tertiary/aromatic N) is 5. The normalized spacial score (nSPS) is 13.9. The minimum absolute atomic E-state index is 0.00861. The van der Waals surface area contributed by atoms with Crippen LogP contribution in [0.5, 0.6) is 0 Å². The van der Waals surface area contributed by atoms with Crippen molar-refractivity contribution in [2.24, 2.45) is 0 Å². The van der Waals surface area contributed by atoms with Gasteiger partial charge in [-0.3, -0.25) is 10.1 Å². The number of rotatable bonds is 8. The van der Waals surface area contributed by atoms with Gasteiger partial charge in [0, 0.05) is 53.6 Å². The van der Waals surface area contributed by atoms with Crippen LogP contribution < -0.4 is 4.90 Å². The number of anilines is 1. The first kappa shape index (κ1) is 23.8. The molecule has 9 nitrogen and oxygen atoms in total. The molecule has 0 unspecified atom stereocenters. The third-order valence-corrected chi connectivity index (χ3v) is 6.75. The number of nitro groups is 1. The fourth-order valence-electron chi connectivity index (χ4n) is 3.85. The minimum Gasteiger partial charge on any atom is -0.477 e. The molecule has 0 radical (unpaired) electrons. The van der Waals surface area contributed by atoms with Gasteiger partial charge in [0.25, 0.3) is 5.69 Å². The third kappa shape index (κ3) is 5.07. The summed E-state index contributed by atoms with van der Waals surface area (Å²) in [5.41, 5.74) is 1.98. The summed E-state index contributed by atoms with van der Waals surface area (Å²) in [7, 11) is 0. The van der Waals surface area contributed by atoms with E-state index in [1.54, 1.807) is 18.2 Å². The summed E-state index contributed by atoms with van der Waals surface area (Å²) < 4.78 is 1.82. The molecule has 1 N–H and O–H groups in total. The molecule has 0 aliphatic carbocycles. The van der Waals surface area contributed by atoms with Crippen molar-refractivity contribution in [2.75, 3.05) is 18.0 Å². The second kappa shape index (κ2) is 10.3. The Labute approximate surface area is 205 Å². The molecule has 2 heterocycles. The zero-order chi connectivity index (χ0) is 24.2. The molecule has 1 fully saturated rings. The molecular formula is C23H22ClN5O4S. The van der Waals surface area contributed by atoms with Crippen molar-refractivity contribution in [1.82, 2.24) is 14.8 Å². The Morgan fingerprint density at radius 2 is 1.91 bits per heavy atom. The molecule has 4 rings (SSSR count). The summed E-state index contributed by atoms with van der Waals surface area (Å²) >= 11 is 6.95. The van der Waals surface area contributed by atoms with Crippen LogP contribution in [-0.2, 0) is 11.3 Å². The highest BCUT2D eigenvalue weighted by atomic mass is 35.5. The molecular weight excluding hydrogens is 478 g/mol. The molecule has 0 spiro atoms. The van der Waals surface area contributed by atoms with Crippen LogP contribution >= 0.6 is 23.4 Å². The number of carboxylic acids is 1. The maximum Gasteiger partial charge on any atom is 0.342 e. The van der Waals surface area contributed by atoms with Crippen molar-refractivity contribution in [1.29, 1.82) is 0 Å². The van der Waals surface area contributed by atoms with Crippen molar-refractivity contribution in [2.45, 2.75) is 31.5 Å². The van der Waals surface area contributed by atoms with E-state index in [4.69, 9.17) is 11.6 Å². The lowest BCUT2D eigenvalue weighted by Gasteiger charge is -2.20. The van der Waals surface area contributed by atoms with Crippen molar-refractivity contribution >= 4 is 46.8 Å². The van der Waals surface area contributed by atoms with Crippen molar-refractivity contribution in [3.63, 3.8) is 0 Å². The summed E-state index contributed by atoms with van der Waals surface area (Å²) in [4.78, 5) is 25.2. The van der Waals surface area contributed by atoms with Crippen LogP contribution in [0.1, 0.15) is 25.3 Å². The number of hydrogen-bond donors (Lipinski definition) is 1. The molecule has 34 heavy (non-hydrogen) atoms. The minimum atomic E-state index is -1.15. The highest BCUT2D eigenvalue weighted by Gasteiger charge is 2.22. The Bertz CT molecular complexity index is 1250. The molecule has 1 aliphatic heterocycles. The summed E-state index contributed by atoms with van der Waals surface area (Å²) in [5.74, 6) is -0.554. The van der Waals surface area contributed by atoms with Gasteiger partial charge in [-0.1, -0.05) is 11.6 Å². The van der Waals surface area contributed by atoms with Gasteiger partial charge in [-0.05, 0) is 67.9 Å². The monoisotopic (exact) mass is 499 g/mol. The lowest BCUT2D eigenvalue weighted by atomic mass is 10.1. The van der Waals surface area contributed by atoms with Crippen LogP contribution in [0.25, 0.3) is 17.5 Å². The zero-order valence-corrected chi connectivity index (χ0v) is 19.9. The fourth-order valence-corrected chi connectivity index (χ4v) is 4.86. The summed E-state index contributed by atoms with van der Waals surface area (Å²) in [6.07, 6.45) is 3.52. The average Bonchev–Trinajstić information content (AvgIpc) is 3.49. The Morgan fingerprint density at radius 3 is 2.53 bits per heavy atom. The van der Waals surface area contributed by atoms with Crippen LogP contribution in [0, 0.1) is 10.1 Å². The van der Waals surface area contributed by atoms with Crippen molar-refractivity contribution in [3.8, 4) is 11.4 Å². The van der Waals surface area contributed by atoms with Crippen LogP contribution in [0.4, 0.5) is 11.4 Å². The van der Waals surface area contributed by atoms with Gasteiger partial charge in [0.05, 0.1) is 4.92 Å². The van der Waals surface area contributed by atoms with E-state index in [1.807, 2.05) is 23.6 Å². The number of non-ortho nitro benzene ring substituents is 1. The lowest BCUT2D eigenvalue weighted by Crippen LogP contribution is -2.18. The second-order valence-corrected chi connectivity index (χ2v) is 9.11. The van der Waals surface area contributed by atoms with E-state index >= 15 is 0 Å². The van der Waals surface area contributed by atoms with Gasteiger partial charge in [0.2, 0.25) is 0 Å². The predicted octanol–water partition coefficient (Wildman–Crippen LogP) is 5.34. The standard InChI is InChI=1S/C23H22ClN5O4S/c1-2-28-21(15-5-7-17(24)8-6-15)25-26-23(28)34-20(22(30)31)14-16-13-18(29(32)33)9-10-19(16)27-11-3-4-12-27/h5-10,13-14H,2-4,11-12H2,1H3,(H,30,31)/b20-14+. The van der Waals surface area contributed by atoms with Gasteiger partial charge in [0.15, 0.2) is 11.0 Å². The van der Waals surface area contributed by atoms with Crippen LogP contribution in [0.2, 0.25) is 5.02 Å². The number of thioether (sulfide) groups is 1. The zero-order valence-electron chi connectivity index (χ0n) is 18.3. The number of aromatic nitrogens is 3. The maximum absolute atomic E-state index is 12.2. The van der Waals surface area contributed by atoms with Crippen LogP contribution in [0.3, 0.4) is 0 Å². The Balaban J connectivity index is 1.73. The lowest BCUT2D eigenvalue weighted by molar-refractivity contribution is -0.384. The Hall–Kier alpha value is -3.37. The van der Waals surface area contributed by atoms with E-state index in [0.29, 0.717) is 28.1 Å². The van der Waals surface area contributed by atoms with E-state index in [9.17, 15) is 20.0 Å². The van der Waals surface area contributed by atoms with E-state index in [1.165, 1.54) is 18.2 Å². The SMILES string of the molecule is CCn1c(S/C(=C/c2cc([N+](=O)[O-])ccc2N2CCCC2)C(=O)O)nnc1-c1ccc(Cl)cc1. The number of carboxylic acid groups (broad SMARTS) is 1. The first-order valence-electron chi connectivity index (χ1n) is 10.7. The fraction of sp³-hybridized carbons (Fsp3) is 0.261. The van der Waals surface area contributed by atoms with Gasteiger partial charge < -0.3 is 14.6 Å².